The van der Waals surface area contributed by atoms with Crippen molar-refractivity contribution < 1.29 is 18.3 Å². The van der Waals surface area contributed by atoms with Gasteiger partial charge in [-0.15, -0.1) is 0 Å². The van der Waals surface area contributed by atoms with Crippen LogP contribution in [0.3, 0.4) is 0 Å². The van der Waals surface area contributed by atoms with Gasteiger partial charge < -0.3 is 10.1 Å². The minimum absolute atomic E-state index is 0.354. The van der Waals surface area contributed by atoms with Crippen LogP contribution in [0.15, 0.2) is 20.7 Å². The molecular formula is C10H13N3O6S. The molecule has 0 unspecified atom stereocenters. The highest BCUT2D eigenvalue weighted by atomic mass is 32.2. The van der Waals surface area contributed by atoms with Gasteiger partial charge in [0.2, 0.25) is 10.0 Å². The molecule has 1 aliphatic carbocycles. The normalized spacial score (nSPS) is 17.4. The van der Waals surface area contributed by atoms with Crippen molar-refractivity contribution in [2.45, 2.75) is 36.1 Å². The second-order valence-electron chi connectivity index (χ2n) is 4.75. The van der Waals surface area contributed by atoms with Crippen LogP contribution in [0.25, 0.3) is 0 Å². The van der Waals surface area contributed by atoms with E-state index < -0.39 is 37.7 Å². The summed E-state index contributed by atoms with van der Waals surface area (Å²) in [4.78, 5) is 36.4. The van der Waals surface area contributed by atoms with Gasteiger partial charge in [-0.05, 0) is 19.3 Å². The Morgan fingerprint density at radius 3 is 2.50 bits per heavy atom. The number of H-pyrrole nitrogens is 2. The maximum absolute atomic E-state index is 12.1. The van der Waals surface area contributed by atoms with E-state index in [1.807, 2.05) is 0 Å². The predicted octanol–water partition coefficient (Wildman–Crippen LogP) is -1.26. The van der Waals surface area contributed by atoms with Gasteiger partial charge in [0.05, 0.1) is 6.42 Å². The van der Waals surface area contributed by atoms with Crippen molar-refractivity contribution in [3.05, 3.63) is 27.0 Å². The number of carboxylic acids is 1. The molecule has 0 aromatic carbocycles. The summed E-state index contributed by atoms with van der Waals surface area (Å²) in [5, 5.41) is 8.82. The highest BCUT2D eigenvalue weighted by Crippen LogP contribution is 2.36. The van der Waals surface area contributed by atoms with Crippen LogP contribution in [0.5, 0.6) is 0 Å². The average Bonchev–Trinajstić information content (AvgIpc) is 2.24. The molecule has 0 atom stereocenters. The molecule has 0 saturated heterocycles. The zero-order valence-corrected chi connectivity index (χ0v) is 11.1. The molecule has 1 aromatic heterocycles. The van der Waals surface area contributed by atoms with E-state index in [1.54, 1.807) is 4.98 Å². The third-order valence-electron chi connectivity index (χ3n) is 3.23. The lowest BCUT2D eigenvalue weighted by atomic mass is 9.75. The summed E-state index contributed by atoms with van der Waals surface area (Å²) in [6, 6.07) is 0. The van der Waals surface area contributed by atoms with Crippen LogP contribution in [0.4, 0.5) is 0 Å². The quantitative estimate of drug-likeness (QED) is 0.533. The molecule has 1 saturated carbocycles. The first-order valence-electron chi connectivity index (χ1n) is 5.82. The fourth-order valence-electron chi connectivity index (χ4n) is 2.15. The number of hydrogen-bond donors (Lipinski definition) is 4. The summed E-state index contributed by atoms with van der Waals surface area (Å²) in [7, 11) is -4.20. The number of carboxylic acid groups (broad SMARTS) is 1. The Labute approximate surface area is 113 Å². The maximum atomic E-state index is 12.1. The number of aliphatic carboxylic acids is 1. The van der Waals surface area contributed by atoms with E-state index in [0.717, 1.165) is 6.20 Å². The van der Waals surface area contributed by atoms with Crippen LogP contribution in [-0.4, -0.2) is 35.0 Å². The van der Waals surface area contributed by atoms with Crippen molar-refractivity contribution in [2.24, 2.45) is 0 Å². The van der Waals surface area contributed by atoms with E-state index in [2.05, 4.69) is 9.71 Å². The molecule has 20 heavy (non-hydrogen) atoms. The predicted molar refractivity (Wildman–Crippen MR) is 66.8 cm³/mol. The first kappa shape index (κ1) is 14.5. The number of aromatic amines is 2. The molecule has 4 N–H and O–H groups in total. The summed E-state index contributed by atoms with van der Waals surface area (Å²) in [6.07, 6.45) is 1.92. The molecule has 0 aliphatic heterocycles. The summed E-state index contributed by atoms with van der Waals surface area (Å²) in [5.74, 6) is -1.12. The molecule has 2 rings (SSSR count). The fraction of sp³-hybridized carbons (Fsp3) is 0.500. The van der Waals surface area contributed by atoms with Gasteiger partial charge in [-0.1, -0.05) is 0 Å². The number of hydrogen-bond acceptors (Lipinski definition) is 5. The molecule has 1 heterocycles. The number of nitrogens with one attached hydrogen (secondary N) is 3. The number of carbonyl (C=O) groups is 1. The zero-order valence-electron chi connectivity index (χ0n) is 10.3. The molecule has 1 fully saturated rings. The van der Waals surface area contributed by atoms with Gasteiger partial charge in [-0.2, -0.15) is 0 Å². The maximum Gasteiger partial charge on any atom is 0.325 e. The number of sulfonamides is 1. The van der Waals surface area contributed by atoms with Gasteiger partial charge in [0.1, 0.15) is 0 Å². The van der Waals surface area contributed by atoms with Crippen LogP contribution >= 0.6 is 0 Å². The van der Waals surface area contributed by atoms with Gasteiger partial charge >= 0.3 is 11.7 Å². The van der Waals surface area contributed by atoms with E-state index in [4.69, 9.17) is 5.11 Å². The highest BCUT2D eigenvalue weighted by Gasteiger charge is 2.43. The van der Waals surface area contributed by atoms with Crippen LogP contribution in [0.2, 0.25) is 0 Å². The van der Waals surface area contributed by atoms with Gasteiger partial charge in [-0.25, -0.2) is 17.9 Å². The largest absolute Gasteiger partial charge is 0.481 e. The second kappa shape index (κ2) is 4.87. The summed E-state index contributed by atoms with van der Waals surface area (Å²) >= 11 is 0. The lowest BCUT2D eigenvalue weighted by Gasteiger charge is -2.40. The molecule has 0 bridgehead atoms. The topological polar surface area (TPSA) is 149 Å². The molecule has 0 spiro atoms. The third kappa shape index (κ3) is 2.80. The Balaban J connectivity index is 2.33. The first-order valence-corrected chi connectivity index (χ1v) is 7.30. The molecule has 10 heteroatoms. The van der Waals surface area contributed by atoms with Crippen molar-refractivity contribution in [3.63, 3.8) is 0 Å². The minimum atomic E-state index is -4.20. The first-order chi connectivity index (χ1) is 9.24. The molecule has 0 radical (unpaired) electrons. The Hall–Kier alpha value is -1.94. The zero-order chi connectivity index (χ0) is 15.0. The van der Waals surface area contributed by atoms with Crippen LogP contribution in [0.1, 0.15) is 25.7 Å². The summed E-state index contributed by atoms with van der Waals surface area (Å²) in [6.45, 7) is 0. The molecule has 1 aromatic rings. The van der Waals surface area contributed by atoms with Crippen LogP contribution in [0, 0.1) is 0 Å². The molecular weight excluding hydrogens is 290 g/mol. The smallest absolute Gasteiger partial charge is 0.325 e. The molecule has 0 amide bonds. The Morgan fingerprint density at radius 2 is 2.05 bits per heavy atom. The van der Waals surface area contributed by atoms with Crippen molar-refractivity contribution in [2.75, 3.05) is 0 Å². The monoisotopic (exact) mass is 303 g/mol. The van der Waals surface area contributed by atoms with E-state index in [-0.39, 0.29) is 6.42 Å². The summed E-state index contributed by atoms with van der Waals surface area (Å²) < 4.78 is 26.5. The highest BCUT2D eigenvalue weighted by molar-refractivity contribution is 7.89. The van der Waals surface area contributed by atoms with E-state index in [9.17, 15) is 22.8 Å². The standard InChI is InChI=1S/C10H13N3O6S/c14-7(15)4-10(2-1-3-10)13-20(18,19)6-5-11-9(17)12-8(6)16/h5,13H,1-4H2,(H,14,15)(H2,11,12,16,17). The van der Waals surface area contributed by atoms with Gasteiger partial charge in [0.15, 0.2) is 4.90 Å². The lowest BCUT2D eigenvalue weighted by Crippen LogP contribution is -2.55. The van der Waals surface area contributed by atoms with Gasteiger partial charge in [0, 0.05) is 11.7 Å². The Bertz CT molecular complexity index is 743. The lowest BCUT2D eigenvalue weighted by molar-refractivity contribution is -0.139. The minimum Gasteiger partial charge on any atom is -0.481 e. The van der Waals surface area contributed by atoms with Crippen molar-refractivity contribution in [1.29, 1.82) is 0 Å². The summed E-state index contributed by atoms with van der Waals surface area (Å²) in [5.41, 5.74) is -2.93. The van der Waals surface area contributed by atoms with Gasteiger partial charge in [-0.3, -0.25) is 14.6 Å². The van der Waals surface area contributed by atoms with Crippen LogP contribution < -0.4 is 16.0 Å². The molecule has 110 valence electrons. The Morgan fingerprint density at radius 1 is 1.40 bits per heavy atom. The van der Waals surface area contributed by atoms with Crippen molar-refractivity contribution >= 4 is 16.0 Å². The number of aromatic nitrogens is 2. The molecule has 1 aliphatic rings. The Kier molecular flexibility index (Phi) is 3.52. The van der Waals surface area contributed by atoms with E-state index >= 15 is 0 Å². The molecule has 9 nitrogen and oxygen atoms in total. The van der Waals surface area contributed by atoms with Gasteiger partial charge in [0.25, 0.3) is 5.56 Å². The average molecular weight is 303 g/mol. The van der Waals surface area contributed by atoms with Crippen LogP contribution in [-0.2, 0) is 14.8 Å². The number of rotatable bonds is 5. The van der Waals surface area contributed by atoms with Crippen molar-refractivity contribution in [1.82, 2.24) is 14.7 Å². The van der Waals surface area contributed by atoms with E-state index in [0.29, 0.717) is 19.3 Å². The SMILES string of the molecule is O=C(O)CC1(NS(=O)(=O)c2c[nH]c(=O)[nH]c2=O)CCC1. The van der Waals surface area contributed by atoms with E-state index in [1.165, 1.54) is 0 Å². The third-order valence-corrected chi connectivity index (χ3v) is 4.81. The second-order valence-corrected chi connectivity index (χ2v) is 6.40. The van der Waals surface area contributed by atoms with Crippen molar-refractivity contribution in [3.8, 4) is 0 Å². The fourth-order valence-corrected chi connectivity index (χ4v) is 3.61.